The second kappa shape index (κ2) is 8.21. The van der Waals surface area contributed by atoms with Gasteiger partial charge in [0.15, 0.2) is 0 Å². The Morgan fingerprint density at radius 1 is 1.19 bits per heavy atom. The molecule has 1 fully saturated rings. The molecular weight excluding hydrogens is 413 g/mol. The Kier molecular flexibility index (Phi) is 5.45. The summed E-state index contributed by atoms with van der Waals surface area (Å²) in [6.07, 6.45) is -1.54. The minimum absolute atomic E-state index is 0.120. The summed E-state index contributed by atoms with van der Waals surface area (Å²) in [5.41, 5.74) is -0.225. The van der Waals surface area contributed by atoms with E-state index in [9.17, 15) is 22.8 Å². The molecule has 1 aliphatic rings. The van der Waals surface area contributed by atoms with E-state index in [1.54, 1.807) is 0 Å². The summed E-state index contributed by atoms with van der Waals surface area (Å²) in [6, 6.07) is 8.86. The maximum Gasteiger partial charge on any atom is 0.273 e. The van der Waals surface area contributed by atoms with Crippen LogP contribution in [0.1, 0.15) is 28.5 Å². The zero-order chi connectivity index (χ0) is 22.1. The molecular formula is C21H17F3N4O3. The molecule has 0 spiro atoms. The second-order valence-corrected chi connectivity index (χ2v) is 6.95. The van der Waals surface area contributed by atoms with E-state index in [4.69, 9.17) is 4.74 Å². The van der Waals surface area contributed by atoms with Gasteiger partial charge in [0, 0.05) is 42.5 Å². The molecule has 1 aromatic carbocycles. The van der Waals surface area contributed by atoms with Crippen molar-refractivity contribution in [1.29, 1.82) is 0 Å². The van der Waals surface area contributed by atoms with Gasteiger partial charge in [-0.05, 0) is 30.3 Å². The molecule has 0 atom stereocenters. The number of hydrogen-bond acceptors (Lipinski definition) is 5. The van der Waals surface area contributed by atoms with Crippen molar-refractivity contribution < 1.29 is 22.7 Å². The summed E-state index contributed by atoms with van der Waals surface area (Å²) in [4.78, 5) is 30.0. The van der Waals surface area contributed by atoms with Gasteiger partial charge in [-0.3, -0.25) is 14.6 Å². The topological polar surface area (TPSA) is 77.3 Å². The molecule has 4 rings (SSSR count). The Labute approximate surface area is 174 Å². The van der Waals surface area contributed by atoms with E-state index in [1.165, 1.54) is 59.3 Å². The molecule has 1 aliphatic heterocycles. The first kappa shape index (κ1) is 20.6. The fraction of sp³-hybridized carbons (Fsp3) is 0.238. The number of pyridine rings is 1. The van der Waals surface area contributed by atoms with E-state index in [0.29, 0.717) is 11.3 Å². The number of ether oxygens (including phenoxy) is 1. The molecule has 1 amide bonds. The van der Waals surface area contributed by atoms with E-state index in [-0.39, 0.29) is 30.1 Å². The van der Waals surface area contributed by atoms with Crippen molar-refractivity contribution in [3.05, 3.63) is 76.1 Å². The molecule has 1 saturated heterocycles. The van der Waals surface area contributed by atoms with Gasteiger partial charge in [0.05, 0.1) is 18.8 Å². The van der Waals surface area contributed by atoms with Gasteiger partial charge in [-0.1, -0.05) is 0 Å². The average molecular weight is 430 g/mol. The zero-order valence-corrected chi connectivity index (χ0v) is 16.3. The Hall–Kier alpha value is -3.69. The number of rotatable bonds is 5. The van der Waals surface area contributed by atoms with Crippen molar-refractivity contribution in [2.75, 3.05) is 20.2 Å². The van der Waals surface area contributed by atoms with Crippen molar-refractivity contribution in [2.45, 2.75) is 12.5 Å². The molecule has 3 heterocycles. The van der Waals surface area contributed by atoms with Crippen LogP contribution in [0.2, 0.25) is 0 Å². The number of hydrogen-bond donors (Lipinski definition) is 0. The summed E-state index contributed by atoms with van der Waals surface area (Å²) in [7, 11) is 1.40. The van der Waals surface area contributed by atoms with Crippen LogP contribution in [0.3, 0.4) is 0 Å². The quantitative estimate of drug-likeness (QED) is 0.622. The number of carbonyl (C=O) groups is 1. The van der Waals surface area contributed by atoms with Gasteiger partial charge in [0.1, 0.15) is 17.3 Å². The van der Waals surface area contributed by atoms with Crippen molar-refractivity contribution in [3.63, 3.8) is 0 Å². The fourth-order valence-corrected chi connectivity index (χ4v) is 3.41. The number of amides is 1. The highest BCUT2D eigenvalue weighted by molar-refractivity contribution is 5.94. The van der Waals surface area contributed by atoms with Gasteiger partial charge in [0.2, 0.25) is 0 Å². The lowest BCUT2D eigenvalue weighted by Gasteiger charge is -2.39. The summed E-state index contributed by atoms with van der Waals surface area (Å²) < 4.78 is 46.2. The smallest absolute Gasteiger partial charge is 0.273 e. The van der Waals surface area contributed by atoms with Crippen molar-refractivity contribution >= 4 is 5.91 Å². The van der Waals surface area contributed by atoms with Gasteiger partial charge in [-0.15, -0.1) is 0 Å². The molecule has 0 aliphatic carbocycles. The van der Waals surface area contributed by atoms with Gasteiger partial charge < -0.3 is 9.64 Å². The van der Waals surface area contributed by atoms with Crippen molar-refractivity contribution in [1.82, 2.24) is 19.7 Å². The van der Waals surface area contributed by atoms with E-state index in [2.05, 4.69) is 10.1 Å². The number of methoxy groups -OCH3 is 1. The third kappa shape index (κ3) is 3.88. The third-order valence-electron chi connectivity index (χ3n) is 5.04. The second-order valence-electron chi connectivity index (χ2n) is 6.95. The molecule has 3 aromatic rings. The lowest BCUT2D eigenvalue weighted by atomic mass is 10.1. The van der Waals surface area contributed by atoms with Crippen LogP contribution in [0.25, 0.3) is 11.3 Å². The number of alkyl halides is 2. The first-order valence-corrected chi connectivity index (χ1v) is 9.35. The predicted octanol–water partition coefficient (Wildman–Crippen LogP) is 3.09. The number of aromatic nitrogens is 3. The summed E-state index contributed by atoms with van der Waals surface area (Å²) in [6.45, 7) is 0.240. The molecule has 7 nitrogen and oxygen atoms in total. The molecule has 2 aromatic heterocycles. The zero-order valence-electron chi connectivity index (χ0n) is 16.3. The fourth-order valence-electron chi connectivity index (χ4n) is 3.41. The van der Waals surface area contributed by atoms with Crippen LogP contribution in [-0.2, 0) is 0 Å². The Morgan fingerprint density at radius 2 is 1.97 bits per heavy atom. The average Bonchev–Trinajstić information content (AvgIpc) is 2.73. The highest BCUT2D eigenvalue weighted by Crippen LogP contribution is 2.30. The minimum atomic E-state index is -2.82. The SMILES string of the molecule is COc1cc(F)ccc1-c1ccc(=O)n(C2CN(C(=O)c3ncccc3C(F)F)C2)n1. The Morgan fingerprint density at radius 3 is 2.68 bits per heavy atom. The van der Waals surface area contributed by atoms with Gasteiger partial charge >= 0.3 is 0 Å². The maximum atomic E-state index is 13.5. The van der Waals surface area contributed by atoms with Crippen LogP contribution in [0.5, 0.6) is 5.75 Å². The van der Waals surface area contributed by atoms with E-state index >= 15 is 0 Å². The number of benzene rings is 1. The number of likely N-dealkylation sites (tertiary alicyclic amines) is 1. The van der Waals surface area contributed by atoms with Gasteiger partial charge in [0.25, 0.3) is 17.9 Å². The standard InChI is InChI=1S/C21H17F3N4O3/c1-31-17-9-12(22)4-5-14(17)16-6-7-18(29)28(26-16)13-10-27(11-13)21(30)19-15(20(23)24)3-2-8-25-19/h2-9,13,20H,10-11H2,1H3. The maximum absolute atomic E-state index is 13.5. The summed E-state index contributed by atoms with van der Waals surface area (Å²) in [5.74, 6) is -0.839. The van der Waals surface area contributed by atoms with Gasteiger partial charge in [-0.25, -0.2) is 17.9 Å². The molecule has 0 unspecified atom stereocenters. The Balaban J connectivity index is 1.56. The van der Waals surface area contributed by atoms with Crippen LogP contribution in [0.4, 0.5) is 13.2 Å². The van der Waals surface area contributed by atoms with Crippen LogP contribution in [0.15, 0.2) is 53.5 Å². The summed E-state index contributed by atoms with van der Waals surface area (Å²) >= 11 is 0. The van der Waals surface area contributed by atoms with E-state index in [0.717, 1.165) is 6.07 Å². The summed E-state index contributed by atoms with van der Waals surface area (Å²) in [5, 5.41) is 4.34. The van der Waals surface area contributed by atoms with E-state index < -0.39 is 29.8 Å². The lowest BCUT2D eigenvalue weighted by Crippen LogP contribution is -2.53. The lowest BCUT2D eigenvalue weighted by molar-refractivity contribution is 0.0477. The largest absolute Gasteiger partial charge is 0.496 e. The number of carbonyl (C=O) groups excluding carboxylic acids is 1. The molecule has 0 radical (unpaired) electrons. The van der Waals surface area contributed by atoms with Gasteiger partial charge in [-0.2, -0.15) is 5.10 Å². The molecule has 0 saturated carbocycles. The van der Waals surface area contributed by atoms with E-state index in [1.807, 2.05) is 0 Å². The molecule has 31 heavy (non-hydrogen) atoms. The number of halogens is 3. The monoisotopic (exact) mass is 430 g/mol. The highest BCUT2D eigenvalue weighted by Gasteiger charge is 2.36. The highest BCUT2D eigenvalue weighted by atomic mass is 19.3. The first-order valence-electron chi connectivity index (χ1n) is 9.35. The first-order chi connectivity index (χ1) is 14.9. The van der Waals surface area contributed by atoms with Crippen molar-refractivity contribution in [3.8, 4) is 17.0 Å². The van der Waals surface area contributed by atoms with Crippen LogP contribution in [0, 0.1) is 5.82 Å². The Bertz CT molecular complexity index is 1190. The predicted molar refractivity (Wildman–Crippen MR) is 105 cm³/mol. The third-order valence-corrected chi connectivity index (χ3v) is 5.04. The minimum Gasteiger partial charge on any atom is -0.496 e. The molecule has 160 valence electrons. The van der Waals surface area contributed by atoms with Crippen LogP contribution < -0.4 is 10.3 Å². The molecule has 10 heteroatoms. The number of nitrogens with zero attached hydrogens (tertiary/aromatic N) is 4. The van der Waals surface area contributed by atoms with Crippen LogP contribution in [-0.4, -0.2) is 45.8 Å². The van der Waals surface area contributed by atoms with Crippen LogP contribution >= 0.6 is 0 Å². The molecule has 0 bridgehead atoms. The van der Waals surface area contributed by atoms with Crippen molar-refractivity contribution in [2.24, 2.45) is 0 Å². The molecule has 0 N–H and O–H groups in total. The normalized spacial score (nSPS) is 13.9.